The van der Waals surface area contributed by atoms with Gasteiger partial charge in [-0.3, -0.25) is 14.5 Å². The first kappa shape index (κ1) is 24.5. The first-order valence-corrected chi connectivity index (χ1v) is 10.7. The Hall–Kier alpha value is -3.64. The fraction of sp³-hybridized carbons (Fsp3) is 0.409. The summed E-state index contributed by atoms with van der Waals surface area (Å²) in [4.78, 5) is 26.1. The maximum absolute atomic E-state index is 14.5. The lowest BCUT2D eigenvalue weighted by atomic mass is 9.88. The third-order valence-electron chi connectivity index (χ3n) is 5.76. The van der Waals surface area contributed by atoms with Gasteiger partial charge >= 0.3 is 6.18 Å². The first-order valence-electron chi connectivity index (χ1n) is 10.7. The molecule has 1 saturated heterocycles. The van der Waals surface area contributed by atoms with E-state index in [1.54, 1.807) is 44.6 Å². The number of rotatable bonds is 5. The Morgan fingerprint density at radius 1 is 1.20 bits per heavy atom. The van der Waals surface area contributed by atoms with Crippen molar-refractivity contribution in [2.45, 2.75) is 31.5 Å². The van der Waals surface area contributed by atoms with Crippen LogP contribution >= 0.6 is 0 Å². The molecule has 1 aliphatic heterocycles. The minimum absolute atomic E-state index is 0.0214. The Morgan fingerprint density at radius 3 is 2.54 bits per heavy atom. The van der Waals surface area contributed by atoms with Crippen molar-refractivity contribution < 1.29 is 26.7 Å². The second-order valence-electron chi connectivity index (χ2n) is 8.49. The summed E-state index contributed by atoms with van der Waals surface area (Å²) in [6, 6.07) is 4.41. The van der Waals surface area contributed by atoms with Gasteiger partial charge in [-0.1, -0.05) is 13.0 Å². The molecule has 13 heteroatoms. The number of nitrogens with one attached hydrogen (secondary N) is 1. The number of aryl methyl sites for hydroxylation is 1. The highest BCUT2D eigenvalue weighted by molar-refractivity contribution is 5.98. The number of hydrogen-bond acceptors (Lipinski definition) is 6. The summed E-state index contributed by atoms with van der Waals surface area (Å²) in [5.74, 6) is -4.55. The van der Waals surface area contributed by atoms with Gasteiger partial charge in [-0.05, 0) is 18.1 Å². The summed E-state index contributed by atoms with van der Waals surface area (Å²) in [7, 11) is 1.61. The maximum atomic E-state index is 14.5. The second-order valence-corrected chi connectivity index (χ2v) is 8.49. The van der Waals surface area contributed by atoms with Crippen LogP contribution in [0.5, 0.6) is 0 Å². The minimum Gasteiger partial charge on any atom is -0.352 e. The van der Waals surface area contributed by atoms with E-state index in [2.05, 4.69) is 25.4 Å². The van der Waals surface area contributed by atoms with Crippen LogP contribution in [0.1, 0.15) is 29.4 Å². The number of likely N-dealkylation sites (tertiary alicyclic amines) is 1. The number of pyridine rings is 1. The molecule has 4 heterocycles. The topological polar surface area (TPSA) is 88.8 Å². The van der Waals surface area contributed by atoms with Gasteiger partial charge in [0.25, 0.3) is 11.8 Å². The van der Waals surface area contributed by atoms with Crippen molar-refractivity contribution in [3.8, 4) is 11.3 Å². The van der Waals surface area contributed by atoms with E-state index in [1.165, 1.54) is 4.68 Å². The lowest BCUT2D eigenvalue weighted by Crippen LogP contribution is -2.57. The molecule has 0 spiro atoms. The van der Waals surface area contributed by atoms with Gasteiger partial charge < -0.3 is 10.2 Å². The molecule has 4 rings (SSSR count). The molecule has 186 valence electrons. The monoisotopic (exact) mass is 495 g/mol. The molecule has 8 nitrogen and oxygen atoms in total. The van der Waals surface area contributed by atoms with Crippen LogP contribution in [0.3, 0.4) is 0 Å². The van der Waals surface area contributed by atoms with E-state index in [-0.39, 0.29) is 18.2 Å². The number of aromatic nitrogens is 5. The number of halogens is 5. The van der Waals surface area contributed by atoms with Crippen LogP contribution in [0.15, 0.2) is 43.0 Å². The zero-order valence-corrected chi connectivity index (χ0v) is 18.8. The van der Waals surface area contributed by atoms with Crippen LogP contribution in [0.2, 0.25) is 0 Å². The molecule has 1 fully saturated rings. The molecule has 1 amide bonds. The van der Waals surface area contributed by atoms with E-state index in [0.29, 0.717) is 23.7 Å². The lowest BCUT2D eigenvalue weighted by Gasteiger charge is -2.43. The summed E-state index contributed by atoms with van der Waals surface area (Å²) in [6.07, 6.45) is -0.645. The van der Waals surface area contributed by atoms with Crippen LogP contribution in [0.4, 0.5) is 27.9 Å². The number of alkyl halides is 5. The molecular weight excluding hydrogens is 473 g/mol. The van der Waals surface area contributed by atoms with Crippen LogP contribution in [0.25, 0.3) is 11.3 Å². The molecule has 3 aromatic heterocycles. The largest absolute Gasteiger partial charge is 0.419 e. The average molecular weight is 495 g/mol. The van der Waals surface area contributed by atoms with E-state index in [0.717, 1.165) is 4.90 Å². The second kappa shape index (κ2) is 9.19. The van der Waals surface area contributed by atoms with Gasteiger partial charge in [-0.25, -0.2) is 18.7 Å². The van der Waals surface area contributed by atoms with Crippen molar-refractivity contribution in [3.63, 3.8) is 0 Å². The first-order chi connectivity index (χ1) is 16.4. The maximum Gasteiger partial charge on any atom is 0.419 e. The molecular formula is C22H22F5N7O. The van der Waals surface area contributed by atoms with Gasteiger partial charge in [0, 0.05) is 44.8 Å². The molecule has 0 unspecified atom stereocenters. The smallest absolute Gasteiger partial charge is 0.352 e. The number of piperidine rings is 1. The molecule has 1 aliphatic rings. The van der Waals surface area contributed by atoms with Crippen LogP contribution in [0, 0.1) is 5.92 Å². The number of nitrogens with zero attached hydrogens (tertiary/aromatic N) is 6. The highest BCUT2D eigenvalue weighted by atomic mass is 19.4. The van der Waals surface area contributed by atoms with Crippen molar-refractivity contribution in [2.24, 2.45) is 13.0 Å². The molecule has 0 aromatic carbocycles. The zero-order chi connectivity index (χ0) is 25.4. The zero-order valence-electron chi connectivity index (χ0n) is 18.8. The Morgan fingerprint density at radius 2 is 1.91 bits per heavy atom. The van der Waals surface area contributed by atoms with Gasteiger partial charge in [-0.2, -0.15) is 18.3 Å². The van der Waals surface area contributed by atoms with E-state index < -0.39 is 48.5 Å². The van der Waals surface area contributed by atoms with Gasteiger partial charge in [-0.15, -0.1) is 0 Å². The standard InChI is InChI=1S/C22H22F5N7O/c1-13-7-21(23,24)12-34(17(13)10-31-20-29-8-14(9-30-20)22(25,26)27)19(35)18-15(11-33(2)32-18)16-5-3-4-6-28-16/h3-6,8-9,11,13,17H,7,10,12H2,1-2H3,(H,29,30,31)/t13-,17-/m1/s1. The fourth-order valence-electron chi connectivity index (χ4n) is 4.13. The Labute approximate surface area is 197 Å². The van der Waals surface area contributed by atoms with E-state index in [4.69, 9.17) is 0 Å². The number of carbonyl (C=O) groups excluding carboxylic acids is 1. The van der Waals surface area contributed by atoms with Gasteiger partial charge in [0.05, 0.1) is 29.4 Å². The lowest BCUT2D eigenvalue weighted by molar-refractivity contribution is -0.138. The highest BCUT2D eigenvalue weighted by Crippen LogP contribution is 2.36. The van der Waals surface area contributed by atoms with Gasteiger partial charge in [0.2, 0.25) is 5.95 Å². The highest BCUT2D eigenvalue weighted by Gasteiger charge is 2.47. The molecule has 35 heavy (non-hydrogen) atoms. The van der Waals surface area contributed by atoms with E-state index in [1.807, 2.05) is 0 Å². The number of anilines is 1. The molecule has 0 radical (unpaired) electrons. The molecule has 2 atom stereocenters. The molecule has 3 aromatic rings. The van der Waals surface area contributed by atoms with Crippen LogP contribution < -0.4 is 5.32 Å². The Kier molecular flexibility index (Phi) is 6.43. The molecule has 0 aliphatic carbocycles. The number of amides is 1. The third-order valence-corrected chi connectivity index (χ3v) is 5.76. The van der Waals surface area contributed by atoms with Crippen molar-refractivity contribution >= 4 is 11.9 Å². The van der Waals surface area contributed by atoms with Crippen molar-refractivity contribution in [1.29, 1.82) is 0 Å². The minimum atomic E-state index is -4.58. The van der Waals surface area contributed by atoms with Gasteiger partial charge in [0.15, 0.2) is 5.69 Å². The van der Waals surface area contributed by atoms with Gasteiger partial charge in [0.1, 0.15) is 0 Å². The summed E-state index contributed by atoms with van der Waals surface area (Å²) in [5.41, 5.74) is -0.166. The predicted octanol–water partition coefficient (Wildman–Crippen LogP) is 3.89. The quantitative estimate of drug-likeness (QED) is 0.541. The molecule has 0 saturated carbocycles. The van der Waals surface area contributed by atoms with Crippen LogP contribution in [-0.4, -0.2) is 60.6 Å². The summed E-state index contributed by atoms with van der Waals surface area (Å²) < 4.78 is 68.7. The SMILES string of the molecule is C[C@@H]1CC(F)(F)CN(C(=O)c2nn(C)cc2-c2ccccn2)[C@@H]1CNc1ncc(C(F)(F)F)cn1. The fourth-order valence-corrected chi connectivity index (χ4v) is 4.13. The number of hydrogen-bond donors (Lipinski definition) is 1. The average Bonchev–Trinajstić information content (AvgIpc) is 3.19. The summed E-state index contributed by atoms with van der Waals surface area (Å²) in [6.45, 7) is 0.722. The Balaban J connectivity index is 1.60. The summed E-state index contributed by atoms with van der Waals surface area (Å²) in [5, 5.41) is 6.98. The summed E-state index contributed by atoms with van der Waals surface area (Å²) >= 11 is 0. The van der Waals surface area contributed by atoms with Crippen molar-refractivity contribution in [3.05, 3.63) is 54.2 Å². The third kappa shape index (κ3) is 5.38. The molecule has 0 bridgehead atoms. The van der Waals surface area contributed by atoms with E-state index >= 15 is 0 Å². The number of carbonyl (C=O) groups is 1. The van der Waals surface area contributed by atoms with Crippen LogP contribution in [-0.2, 0) is 13.2 Å². The van der Waals surface area contributed by atoms with E-state index in [9.17, 15) is 26.7 Å². The molecule has 1 N–H and O–H groups in total. The van der Waals surface area contributed by atoms with Crippen molar-refractivity contribution in [2.75, 3.05) is 18.4 Å². The van der Waals surface area contributed by atoms with Crippen molar-refractivity contribution in [1.82, 2.24) is 29.6 Å². The predicted molar refractivity (Wildman–Crippen MR) is 116 cm³/mol. The Bertz CT molecular complexity index is 1180. The normalized spacial score (nSPS) is 20.0.